The lowest BCUT2D eigenvalue weighted by Gasteiger charge is -2.22. The molecule has 23 heavy (non-hydrogen) atoms. The van der Waals surface area contributed by atoms with Gasteiger partial charge >= 0.3 is 0 Å². The molecule has 1 aliphatic rings. The number of likely N-dealkylation sites (tertiary alicyclic amines) is 1. The van der Waals surface area contributed by atoms with Gasteiger partial charge in [0.1, 0.15) is 6.54 Å². The van der Waals surface area contributed by atoms with E-state index in [9.17, 15) is 4.79 Å². The van der Waals surface area contributed by atoms with Crippen molar-refractivity contribution in [1.29, 1.82) is 0 Å². The molecule has 0 saturated carbocycles. The fourth-order valence-electron chi connectivity index (χ4n) is 3.58. The number of nitrogens with zero attached hydrogens (tertiary/aromatic N) is 1. The van der Waals surface area contributed by atoms with Crippen molar-refractivity contribution in [2.75, 3.05) is 19.6 Å². The number of quaternary nitrogens is 1. The summed E-state index contributed by atoms with van der Waals surface area (Å²) in [6, 6.07) is 9.78. The Hall–Kier alpha value is -1.58. The third kappa shape index (κ3) is 3.51. The van der Waals surface area contributed by atoms with Crippen molar-refractivity contribution in [3.05, 3.63) is 52.3 Å². The molecule has 0 spiro atoms. The maximum Gasteiger partial charge on any atom is 0.218 e. The number of piperidine rings is 1. The summed E-state index contributed by atoms with van der Waals surface area (Å²) < 4.78 is 2.13. The molecule has 1 aliphatic heterocycles. The summed E-state index contributed by atoms with van der Waals surface area (Å²) in [5.41, 5.74) is 4.01. The molecular formula is C19H24ClN2O+. The Kier molecular flexibility index (Phi) is 4.88. The summed E-state index contributed by atoms with van der Waals surface area (Å²) in [5.74, 6) is 0.259. The molecule has 3 rings (SSSR count). The highest BCUT2D eigenvalue weighted by atomic mass is 35.5. The minimum absolute atomic E-state index is 0.259. The van der Waals surface area contributed by atoms with Gasteiger partial charge < -0.3 is 9.47 Å². The van der Waals surface area contributed by atoms with Gasteiger partial charge in [0, 0.05) is 27.7 Å². The first kappa shape index (κ1) is 16.3. The molecule has 1 aromatic heterocycles. The number of benzene rings is 1. The quantitative estimate of drug-likeness (QED) is 0.856. The van der Waals surface area contributed by atoms with Crippen LogP contribution >= 0.6 is 11.6 Å². The summed E-state index contributed by atoms with van der Waals surface area (Å²) in [5, 5.41) is 0.723. The molecule has 0 aliphatic carbocycles. The van der Waals surface area contributed by atoms with Crippen LogP contribution < -0.4 is 4.90 Å². The van der Waals surface area contributed by atoms with Crippen LogP contribution in [-0.4, -0.2) is 30.0 Å². The number of hydrogen-bond donors (Lipinski definition) is 1. The second kappa shape index (κ2) is 6.90. The lowest BCUT2D eigenvalue weighted by atomic mass is 10.1. The zero-order valence-corrected chi connectivity index (χ0v) is 14.6. The average Bonchev–Trinajstić information content (AvgIpc) is 2.84. The first-order chi connectivity index (χ1) is 11.1. The zero-order valence-electron chi connectivity index (χ0n) is 13.9. The molecule has 0 atom stereocenters. The molecule has 1 saturated heterocycles. The molecule has 2 aromatic rings. The van der Waals surface area contributed by atoms with Crippen molar-refractivity contribution in [2.24, 2.45) is 0 Å². The Labute approximate surface area is 142 Å². The highest BCUT2D eigenvalue weighted by Gasteiger charge is 2.22. The second-order valence-electron chi connectivity index (χ2n) is 6.51. The molecule has 122 valence electrons. The number of nitrogens with one attached hydrogen (secondary N) is 1. The van der Waals surface area contributed by atoms with Crippen molar-refractivity contribution < 1.29 is 9.69 Å². The van der Waals surface area contributed by atoms with Crippen molar-refractivity contribution in [2.45, 2.75) is 33.1 Å². The molecule has 1 aromatic carbocycles. The van der Waals surface area contributed by atoms with Crippen LogP contribution in [0.5, 0.6) is 0 Å². The van der Waals surface area contributed by atoms with E-state index in [1.165, 1.54) is 24.2 Å². The van der Waals surface area contributed by atoms with Crippen molar-refractivity contribution in [1.82, 2.24) is 4.57 Å². The van der Waals surface area contributed by atoms with Crippen molar-refractivity contribution in [3.63, 3.8) is 0 Å². The number of carbonyl (C=O) groups is 1. The van der Waals surface area contributed by atoms with E-state index in [4.69, 9.17) is 11.6 Å². The van der Waals surface area contributed by atoms with E-state index in [-0.39, 0.29) is 5.78 Å². The SMILES string of the molecule is Cc1cc(C(=O)C[NH+]2CCCCC2)c(C)n1-c1ccc(Cl)cc1. The van der Waals surface area contributed by atoms with E-state index in [1.54, 1.807) is 0 Å². The summed E-state index contributed by atoms with van der Waals surface area (Å²) in [4.78, 5) is 14.2. The van der Waals surface area contributed by atoms with Crippen LogP contribution in [0.4, 0.5) is 0 Å². The first-order valence-corrected chi connectivity index (χ1v) is 8.75. The molecule has 1 N–H and O–H groups in total. The summed E-state index contributed by atoms with van der Waals surface area (Å²) >= 11 is 5.98. The third-order valence-corrected chi connectivity index (χ3v) is 5.04. The number of ketones is 1. The normalized spacial score (nSPS) is 15.8. The molecular weight excluding hydrogens is 308 g/mol. The van der Waals surface area contributed by atoms with Crippen LogP contribution in [-0.2, 0) is 0 Å². The van der Waals surface area contributed by atoms with E-state index in [2.05, 4.69) is 4.57 Å². The predicted octanol–water partition coefficient (Wildman–Crippen LogP) is 3.00. The highest BCUT2D eigenvalue weighted by Crippen LogP contribution is 2.22. The van der Waals surface area contributed by atoms with Gasteiger partial charge in [-0.3, -0.25) is 4.79 Å². The van der Waals surface area contributed by atoms with E-state index in [0.29, 0.717) is 6.54 Å². The Bertz CT molecular complexity index is 697. The smallest absolute Gasteiger partial charge is 0.218 e. The summed E-state index contributed by atoms with van der Waals surface area (Å²) in [6.45, 7) is 6.95. The predicted molar refractivity (Wildman–Crippen MR) is 94.0 cm³/mol. The molecule has 0 unspecified atom stereocenters. The van der Waals surface area contributed by atoms with Gasteiger partial charge in [-0.05, 0) is 63.4 Å². The van der Waals surface area contributed by atoms with Crippen LogP contribution in [0.15, 0.2) is 30.3 Å². The lowest BCUT2D eigenvalue weighted by Crippen LogP contribution is -3.13. The zero-order chi connectivity index (χ0) is 16.4. The summed E-state index contributed by atoms with van der Waals surface area (Å²) in [6.07, 6.45) is 3.79. The summed E-state index contributed by atoms with van der Waals surface area (Å²) in [7, 11) is 0. The number of halogens is 1. The molecule has 0 amide bonds. The highest BCUT2D eigenvalue weighted by molar-refractivity contribution is 6.30. The third-order valence-electron chi connectivity index (χ3n) is 4.79. The minimum atomic E-state index is 0.259. The average molecular weight is 332 g/mol. The van der Waals surface area contributed by atoms with Crippen LogP contribution in [0.1, 0.15) is 41.0 Å². The molecule has 1 fully saturated rings. The monoisotopic (exact) mass is 331 g/mol. The maximum absolute atomic E-state index is 12.7. The number of rotatable bonds is 4. The Morgan fingerprint density at radius 1 is 1.13 bits per heavy atom. The number of aryl methyl sites for hydroxylation is 1. The lowest BCUT2D eigenvalue weighted by molar-refractivity contribution is -0.896. The largest absolute Gasteiger partial charge is 0.328 e. The van der Waals surface area contributed by atoms with Crippen molar-refractivity contribution >= 4 is 17.4 Å². The molecule has 0 bridgehead atoms. The van der Waals surface area contributed by atoms with Crippen LogP contribution in [0.2, 0.25) is 5.02 Å². The van der Waals surface area contributed by atoms with Crippen LogP contribution in [0, 0.1) is 13.8 Å². The minimum Gasteiger partial charge on any atom is -0.328 e. The van der Waals surface area contributed by atoms with Gasteiger partial charge in [0.25, 0.3) is 0 Å². The Morgan fingerprint density at radius 2 is 1.78 bits per heavy atom. The Balaban J connectivity index is 1.85. The van der Waals surface area contributed by atoms with Gasteiger partial charge in [-0.15, -0.1) is 0 Å². The molecule has 4 heteroatoms. The van der Waals surface area contributed by atoms with Gasteiger partial charge in [0.15, 0.2) is 0 Å². The van der Waals surface area contributed by atoms with E-state index >= 15 is 0 Å². The van der Waals surface area contributed by atoms with Gasteiger partial charge in [-0.2, -0.15) is 0 Å². The number of hydrogen-bond acceptors (Lipinski definition) is 1. The molecule has 3 nitrogen and oxygen atoms in total. The van der Waals surface area contributed by atoms with Gasteiger partial charge in [0.05, 0.1) is 13.1 Å². The van der Waals surface area contributed by atoms with Crippen molar-refractivity contribution in [3.8, 4) is 5.69 Å². The fourth-order valence-corrected chi connectivity index (χ4v) is 3.71. The Morgan fingerprint density at radius 3 is 2.43 bits per heavy atom. The van der Waals surface area contributed by atoms with Gasteiger partial charge in [-0.1, -0.05) is 11.6 Å². The van der Waals surface area contributed by atoms with E-state index < -0.39 is 0 Å². The first-order valence-electron chi connectivity index (χ1n) is 8.38. The maximum atomic E-state index is 12.7. The number of aromatic nitrogens is 1. The van der Waals surface area contributed by atoms with Gasteiger partial charge in [0.2, 0.25) is 5.78 Å². The molecule has 0 radical (unpaired) electrons. The standard InChI is InChI=1S/C19H23ClN2O/c1-14-12-18(19(23)13-21-10-4-3-5-11-21)15(2)22(14)17-8-6-16(20)7-9-17/h6-9,12H,3-5,10-11,13H2,1-2H3/p+1. The van der Waals surface area contributed by atoms with Crippen LogP contribution in [0.25, 0.3) is 5.69 Å². The van der Waals surface area contributed by atoms with E-state index in [0.717, 1.165) is 40.8 Å². The molecule has 2 heterocycles. The number of carbonyl (C=O) groups excluding carboxylic acids is 1. The fraction of sp³-hybridized carbons (Fsp3) is 0.421. The van der Waals surface area contributed by atoms with Gasteiger partial charge in [-0.25, -0.2) is 0 Å². The van der Waals surface area contributed by atoms with E-state index in [1.807, 2.05) is 44.2 Å². The number of Topliss-reactive ketones (excluding diaryl/α,β-unsaturated/α-hetero) is 1. The second-order valence-corrected chi connectivity index (χ2v) is 6.94. The van der Waals surface area contributed by atoms with Crippen LogP contribution in [0.3, 0.4) is 0 Å². The topological polar surface area (TPSA) is 26.4 Å².